The molecule has 0 saturated carbocycles. The van der Waals surface area contributed by atoms with Crippen LogP contribution in [0.25, 0.3) is 0 Å². The molecule has 0 radical (unpaired) electrons. The van der Waals surface area contributed by atoms with Crippen molar-refractivity contribution in [1.29, 1.82) is 0 Å². The lowest BCUT2D eigenvalue weighted by atomic mass is 10.0. The van der Waals surface area contributed by atoms with E-state index in [1.54, 1.807) is 24.5 Å². The molecular weight excluding hydrogens is 328 g/mol. The Morgan fingerprint density at radius 3 is 2.85 bits per heavy atom. The van der Waals surface area contributed by atoms with Crippen molar-refractivity contribution in [2.24, 2.45) is 0 Å². The van der Waals surface area contributed by atoms with Gasteiger partial charge in [-0.2, -0.15) is 5.10 Å². The zero-order chi connectivity index (χ0) is 17.8. The Morgan fingerprint density at radius 1 is 1.15 bits per heavy atom. The largest absolute Gasteiger partial charge is 0.443 e. The molecule has 1 aliphatic rings. The second kappa shape index (κ2) is 7.47. The highest BCUT2D eigenvalue weighted by Gasteiger charge is 2.32. The van der Waals surface area contributed by atoms with E-state index in [1.165, 1.54) is 5.56 Å². The fourth-order valence-electron chi connectivity index (χ4n) is 3.35. The Balaban J connectivity index is 1.54. The average molecular weight is 348 g/mol. The van der Waals surface area contributed by atoms with E-state index in [2.05, 4.69) is 27.3 Å². The summed E-state index contributed by atoms with van der Waals surface area (Å²) in [6, 6.07) is 13.4. The molecule has 0 unspecified atom stereocenters. The van der Waals surface area contributed by atoms with Crippen LogP contribution in [0.2, 0.25) is 0 Å². The van der Waals surface area contributed by atoms with Gasteiger partial charge in [0.15, 0.2) is 5.69 Å². The summed E-state index contributed by atoms with van der Waals surface area (Å²) in [5, 5.41) is 7.76. The molecule has 6 heteroatoms. The van der Waals surface area contributed by atoms with Crippen LogP contribution in [0.4, 0.5) is 0 Å². The molecule has 2 aromatic heterocycles. The second-order valence-electron chi connectivity index (χ2n) is 6.45. The van der Waals surface area contributed by atoms with Gasteiger partial charge in [-0.3, -0.25) is 4.79 Å². The quantitative estimate of drug-likeness (QED) is 0.722. The molecule has 1 amide bonds. The molecule has 0 N–H and O–H groups in total. The lowest BCUT2D eigenvalue weighted by molar-refractivity contribution is 0.0562. The highest BCUT2D eigenvalue weighted by Crippen LogP contribution is 2.31. The lowest BCUT2D eigenvalue weighted by Gasteiger charge is -2.33. The molecule has 1 atom stereocenters. The number of oxazole rings is 1. The molecule has 0 bridgehead atoms. The normalized spacial score (nSPS) is 17.2. The third kappa shape index (κ3) is 3.49. The third-order valence-corrected chi connectivity index (χ3v) is 4.63. The maximum Gasteiger partial charge on any atom is 0.275 e. The van der Waals surface area contributed by atoms with Gasteiger partial charge in [0.25, 0.3) is 5.91 Å². The second-order valence-corrected chi connectivity index (χ2v) is 6.45. The SMILES string of the molecule is O=C(c1cccnn1)N1CCCC[C@@H]1c1ncc(Cc2ccccc2)o1. The number of rotatable bonds is 4. The number of carbonyl (C=O) groups excluding carboxylic acids is 1. The number of benzene rings is 1. The first kappa shape index (κ1) is 16.4. The maximum absolute atomic E-state index is 12.8. The van der Waals surface area contributed by atoms with E-state index in [1.807, 2.05) is 23.1 Å². The molecule has 1 aliphatic heterocycles. The van der Waals surface area contributed by atoms with Gasteiger partial charge in [-0.25, -0.2) is 4.98 Å². The van der Waals surface area contributed by atoms with Crippen molar-refractivity contribution in [1.82, 2.24) is 20.1 Å². The van der Waals surface area contributed by atoms with Crippen molar-refractivity contribution >= 4 is 5.91 Å². The highest BCUT2D eigenvalue weighted by atomic mass is 16.4. The van der Waals surface area contributed by atoms with E-state index in [0.29, 0.717) is 24.6 Å². The number of carbonyl (C=O) groups is 1. The van der Waals surface area contributed by atoms with E-state index in [9.17, 15) is 4.79 Å². The van der Waals surface area contributed by atoms with Crippen LogP contribution in [0.5, 0.6) is 0 Å². The molecule has 26 heavy (non-hydrogen) atoms. The molecule has 1 fully saturated rings. The van der Waals surface area contributed by atoms with Crippen LogP contribution in [-0.4, -0.2) is 32.5 Å². The van der Waals surface area contributed by atoms with Crippen LogP contribution in [0.3, 0.4) is 0 Å². The van der Waals surface area contributed by atoms with Gasteiger partial charge in [0.2, 0.25) is 5.89 Å². The molecule has 0 aliphatic carbocycles. The molecule has 0 spiro atoms. The minimum Gasteiger partial charge on any atom is -0.443 e. The smallest absolute Gasteiger partial charge is 0.275 e. The number of piperidine rings is 1. The number of hydrogen-bond acceptors (Lipinski definition) is 5. The standard InChI is InChI=1S/C20H20N4O2/c25-20(17-9-6-11-22-23-17)24-12-5-4-10-18(24)19-21-14-16(26-19)13-15-7-2-1-3-8-15/h1-3,6-9,11,14,18H,4-5,10,12-13H2/t18-/m1/s1. The number of hydrogen-bond donors (Lipinski definition) is 0. The number of nitrogens with zero attached hydrogens (tertiary/aromatic N) is 4. The summed E-state index contributed by atoms with van der Waals surface area (Å²) >= 11 is 0. The fourth-order valence-corrected chi connectivity index (χ4v) is 3.35. The topological polar surface area (TPSA) is 72.1 Å². The van der Waals surface area contributed by atoms with Crippen molar-refractivity contribution in [3.8, 4) is 0 Å². The van der Waals surface area contributed by atoms with Crippen LogP contribution in [0, 0.1) is 0 Å². The molecule has 6 nitrogen and oxygen atoms in total. The zero-order valence-corrected chi connectivity index (χ0v) is 14.4. The number of aromatic nitrogens is 3. The Kier molecular flexibility index (Phi) is 4.73. The summed E-state index contributed by atoms with van der Waals surface area (Å²) in [4.78, 5) is 19.1. The van der Waals surface area contributed by atoms with Crippen LogP contribution < -0.4 is 0 Å². The Hall–Kier alpha value is -3.02. The Labute approximate surface area is 151 Å². The molecule has 1 saturated heterocycles. The van der Waals surface area contributed by atoms with Gasteiger partial charge >= 0.3 is 0 Å². The van der Waals surface area contributed by atoms with E-state index in [-0.39, 0.29) is 11.9 Å². The summed E-state index contributed by atoms with van der Waals surface area (Å²) in [7, 11) is 0. The minimum absolute atomic E-state index is 0.120. The first-order valence-electron chi connectivity index (χ1n) is 8.88. The van der Waals surface area contributed by atoms with Gasteiger partial charge < -0.3 is 9.32 Å². The predicted molar refractivity (Wildman–Crippen MR) is 95.4 cm³/mol. The average Bonchev–Trinajstić information content (AvgIpc) is 3.17. The summed E-state index contributed by atoms with van der Waals surface area (Å²) in [5.74, 6) is 1.29. The van der Waals surface area contributed by atoms with Gasteiger partial charge in [0.1, 0.15) is 11.8 Å². The van der Waals surface area contributed by atoms with Crippen molar-refractivity contribution in [3.05, 3.63) is 77.8 Å². The fraction of sp³-hybridized carbons (Fsp3) is 0.300. The minimum atomic E-state index is -0.150. The third-order valence-electron chi connectivity index (χ3n) is 4.63. The molecule has 4 rings (SSSR count). The first-order chi connectivity index (χ1) is 12.8. The van der Waals surface area contributed by atoms with Gasteiger partial charge in [-0.1, -0.05) is 30.3 Å². The van der Waals surface area contributed by atoms with Gasteiger partial charge in [0, 0.05) is 19.2 Å². The predicted octanol–water partition coefficient (Wildman–Crippen LogP) is 3.42. The van der Waals surface area contributed by atoms with E-state index >= 15 is 0 Å². The van der Waals surface area contributed by atoms with Crippen molar-refractivity contribution in [2.45, 2.75) is 31.7 Å². The van der Waals surface area contributed by atoms with Gasteiger partial charge in [-0.05, 0) is 37.0 Å². The first-order valence-corrected chi connectivity index (χ1v) is 8.88. The Bertz CT molecular complexity index is 864. The van der Waals surface area contributed by atoms with E-state index < -0.39 is 0 Å². The van der Waals surface area contributed by atoms with Crippen molar-refractivity contribution < 1.29 is 9.21 Å². The van der Waals surface area contributed by atoms with Crippen LogP contribution in [-0.2, 0) is 6.42 Å². The molecule has 1 aromatic carbocycles. The van der Waals surface area contributed by atoms with Gasteiger partial charge in [-0.15, -0.1) is 5.10 Å². The summed E-state index contributed by atoms with van der Waals surface area (Å²) in [5.41, 5.74) is 1.53. The van der Waals surface area contributed by atoms with Crippen molar-refractivity contribution in [3.63, 3.8) is 0 Å². The summed E-state index contributed by atoms with van der Waals surface area (Å²) < 4.78 is 6.00. The number of likely N-dealkylation sites (tertiary alicyclic amines) is 1. The highest BCUT2D eigenvalue weighted by molar-refractivity contribution is 5.92. The summed E-state index contributed by atoms with van der Waals surface area (Å²) in [6.45, 7) is 0.677. The lowest BCUT2D eigenvalue weighted by Crippen LogP contribution is -2.39. The molecular formula is C20H20N4O2. The zero-order valence-electron chi connectivity index (χ0n) is 14.4. The van der Waals surface area contributed by atoms with Crippen LogP contribution in [0.1, 0.15) is 53.0 Å². The van der Waals surface area contributed by atoms with Gasteiger partial charge in [0.05, 0.1) is 6.20 Å². The van der Waals surface area contributed by atoms with E-state index in [4.69, 9.17) is 4.42 Å². The van der Waals surface area contributed by atoms with Crippen LogP contribution >= 0.6 is 0 Å². The van der Waals surface area contributed by atoms with Crippen LogP contribution in [0.15, 0.2) is 59.3 Å². The molecule has 132 valence electrons. The maximum atomic E-state index is 12.8. The monoisotopic (exact) mass is 348 g/mol. The Morgan fingerprint density at radius 2 is 2.04 bits per heavy atom. The number of amides is 1. The summed E-state index contributed by atoms with van der Waals surface area (Å²) in [6.07, 6.45) is 6.89. The van der Waals surface area contributed by atoms with E-state index in [0.717, 1.165) is 25.0 Å². The molecule has 3 aromatic rings. The van der Waals surface area contributed by atoms with Crippen molar-refractivity contribution in [2.75, 3.05) is 6.54 Å². The molecule has 3 heterocycles.